The van der Waals surface area contributed by atoms with Gasteiger partial charge >= 0.3 is 58.4 Å². The van der Waals surface area contributed by atoms with E-state index >= 15 is 0 Å². The monoisotopic (exact) mass is 239 g/mol. The first-order chi connectivity index (χ1) is 6.59. The number of aromatic nitrogens is 1. The Kier molecular flexibility index (Phi) is 4.86. The Morgan fingerprint density at radius 2 is 2.07 bits per heavy atom. The molecule has 0 fully saturated rings. The van der Waals surface area contributed by atoms with Crippen molar-refractivity contribution in [3.63, 3.8) is 0 Å². The molecular weight excluding hydrogens is 229 g/mol. The fraction of sp³-hybridized carbons (Fsp3) is 0.444. The van der Waals surface area contributed by atoms with E-state index in [0.717, 1.165) is 12.0 Å². The fourth-order valence-corrected chi connectivity index (χ4v) is 2.01. The zero-order chi connectivity index (χ0) is 10.2. The molecule has 0 bridgehead atoms. The first-order valence-corrected chi connectivity index (χ1v) is 4.73. The predicted molar refractivity (Wildman–Crippen MR) is 49.0 cm³/mol. The molecule has 0 spiro atoms. The molecule has 2 rings (SSSR count). The van der Waals surface area contributed by atoms with Crippen LogP contribution in [0.15, 0.2) is 18.3 Å². The molecule has 1 aromatic heterocycles. The molecule has 15 heavy (non-hydrogen) atoms. The molecule has 1 aliphatic carbocycles. The minimum Gasteiger partial charge on any atom is -0.448 e. The van der Waals surface area contributed by atoms with E-state index in [4.69, 9.17) is 0 Å². The zero-order valence-corrected chi connectivity index (χ0v) is 11.7. The van der Waals surface area contributed by atoms with Crippen molar-refractivity contribution in [2.24, 2.45) is 0 Å². The first-order valence-electron chi connectivity index (χ1n) is 4.73. The van der Waals surface area contributed by atoms with Gasteiger partial charge in [0, 0.05) is 11.9 Å². The van der Waals surface area contributed by atoms with Crippen LogP contribution in [0.3, 0.4) is 0 Å². The Bertz CT molecular complexity index is 342. The maximum atomic E-state index is 12.6. The summed E-state index contributed by atoms with van der Waals surface area (Å²) in [5.74, 6) is -1.29. The molecule has 1 unspecified atom stereocenters. The minimum atomic E-state index is -4.79. The largest absolute Gasteiger partial charge is 1.00 e. The molecule has 0 radical (unpaired) electrons. The molecule has 1 aliphatic rings. The molecule has 1 aromatic rings. The number of aryl methyl sites for hydroxylation is 1. The zero-order valence-electron chi connectivity index (χ0n) is 8.59. The number of rotatable bonds is 1. The third-order valence-corrected chi connectivity index (χ3v) is 2.69. The number of halogens is 3. The quantitative estimate of drug-likeness (QED) is 0.623. The standard InChI is InChI=1S/C9H10BF3N.K/c11-10(12,13)8-5-1-3-7-4-2-6-14-9(7)8;/h2,4,6,8H,1,3,5H2;/q-1;+1. The van der Waals surface area contributed by atoms with Gasteiger partial charge in [0.1, 0.15) is 0 Å². The molecule has 0 saturated carbocycles. The van der Waals surface area contributed by atoms with Gasteiger partial charge in [-0.15, -0.1) is 0 Å². The van der Waals surface area contributed by atoms with Crippen molar-refractivity contribution in [3.8, 4) is 0 Å². The Balaban J connectivity index is 0.00000112. The van der Waals surface area contributed by atoms with Crippen LogP contribution in [0.4, 0.5) is 12.9 Å². The van der Waals surface area contributed by atoms with Crippen molar-refractivity contribution in [3.05, 3.63) is 29.6 Å². The first kappa shape index (κ1) is 13.7. The van der Waals surface area contributed by atoms with E-state index in [1.54, 1.807) is 12.1 Å². The fourth-order valence-electron chi connectivity index (χ4n) is 2.01. The number of nitrogens with zero attached hydrogens (tertiary/aromatic N) is 1. The third kappa shape index (κ3) is 3.06. The molecule has 76 valence electrons. The van der Waals surface area contributed by atoms with Crippen molar-refractivity contribution in [2.45, 2.75) is 25.1 Å². The molecule has 0 aromatic carbocycles. The van der Waals surface area contributed by atoms with Gasteiger partial charge in [0.05, 0.1) is 0 Å². The molecule has 1 nitrogen and oxygen atoms in total. The molecule has 0 N–H and O–H groups in total. The topological polar surface area (TPSA) is 12.9 Å². The van der Waals surface area contributed by atoms with Crippen LogP contribution in [0.25, 0.3) is 0 Å². The third-order valence-electron chi connectivity index (χ3n) is 2.69. The van der Waals surface area contributed by atoms with Gasteiger partial charge in [-0.1, -0.05) is 18.9 Å². The van der Waals surface area contributed by atoms with E-state index in [1.807, 2.05) is 0 Å². The molecule has 1 atom stereocenters. The summed E-state index contributed by atoms with van der Waals surface area (Å²) in [4.78, 5) is 3.86. The van der Waals surface area contributed by atoms with E-state index in [1.165, 1.54) is 6.20 Å². The van der Waals surface area contributed by atoms with Gasteiger partial charge in [-0.05, 0) is 23.9 Å². The van der Waals surface area contributed by atoms with Crippen molar-refractivity contribution < 1.29 is 64.3 Å². The Morgan fingerprint density at radius 1 is 1.33 bits per heavy atom. The smallest absolute Gasteiger partial charge is 0.448 e. The summed E-state index contributed by atoms with van der Waals surface area (Å²) in [6.07, 6.45) is 2.99. The number of hydrogen-bond acceptors (Lipinski definition) is 1. The van der Waals surface area contributed by atoms with Gasteiger partial charge in [-0.25, -0.2) is 0 Å². The van der Waals surface area contributed by atoms with Crippen LogP contribution in [0.5, 0.6) is 0 Å². The van der Waals surface area contributed by atoms with E-state index in [0.29, 0.717) is 6.42 Å². The summed E-state index contributed by atoms with van der Waals surface area (Å²) in [5, 5.41) is 0. The van der Waals surface area contributed by atoms with Crippen LogP contribution >= 0.6 is 0 Å². The summed E-state index contributed by atoms with van der Waals surface area (Å²) in [7, 11) is 0. The van der Waals surface area contributed by atoms with E-state index in [9.17, 15) is 12.9 Å². The second-order valence-corrected chi connectivity index (χ2v) is 3.67. The van der Waals surface area contributed by atoms with Gasteiger partial charge in [-0.3, -0.25) is 4.98 Å². The molecule has 1 heterocycles. The summed E-state index contributed by atoms with van der Waals surface area (Å²) in [6.45, 7) is -4.79. The van der Waals surface area contributed by atoms with Crippen molar-refractivity contribution in [2.75, 3.05) is 0 Å². The van der Waals surface area contributed by atoms with Crippen LogP contribution in [-0.2, 0) is 6.42 Å². The summed E-state index contributed by atoms with van der Waals surface area (Å²) >= 11 is 0. The van der Waals surface area contributed by atoms with Gasteiger partial charge in [-0.2, -0.15) is 0 Å². The van der Waals surface area contributed by atoms with Gasteiger partial charge in [0.25, 0.3) is 0 Å². The van der Waals surface area contributed by atoms with Crippen LogP contribution in [0.2, 0.25) is 0 Å². The van der Waals surface area contributed by atoms with Crippen molar-refractivity contribution >= 4 is 6.98 Å². The molecule has 0 aliphatic heterocycles. The predicted octanol–water partition coefficient (Wildman–Crippen LogP) is -0.108. The summed E-state index contributed by atoms with van der Waals surface area (Å²) < 4.78 is 37.9. The maximum absolute atomic E-state index is 12.6. The minimum absolute atomic E-state index is 0. The van der Waals surface area contributed by atoms with Crippen molar-refractivity contribution in [1.29, 1.82) is 0 Å². The SMILES string of the molecule is F[B-](F)(F)C1CCCc2cccnc21.[K+]. The molecule has 0 saturated heterocycles. The van der Waals surface area contributed by atoms with Crippen LogP contribution < -0.4 is 51.4 Å². The Morgan fingerprint density at radius 3 is 2.73 bits per heavy atom. The second-order valence-electron chi connectivity index (χ2n) is 3.67. The van der Waals surface area contributed by atoms with Crippen LogP contribution in [0, 0.1) is 0 Å². The molecule has 6 heteroatoms. The van der Waals surface area contributed by atoms with Crippen LogP contribution in [-0.4, -0.2) is 12.0 Å². The Labute approximate surface area is 129 Å². The second kappa shape index (κ2) is 5.31. The maximum Gasteiger partial charge on any atom is 1.00 e. The molecular formula is C9H10BF3KN. The van der Waals surface area contributed by atoms with Gasteiger partial charge in [0.15, 0.2) is 0 Å². The number of fused-ring (bicyclic) bond motifs is 1. The number of pyridine rings is 1. The number of hydrogen-bond donors (Lipinski definition) is 0. The average Bonchev–Trinajstić information content (AvgIpc) is 2.15. The molecule has 0 amide bonds. The van der Waals surface area contributed by atoms with Crippen LogP contribution in [0.1, 0.15) is 29.9 Å². The van der Waals surface area contributed by atoms with Crippen molar-refractivity contribution in [1.82, 2.24) is 4.98 Å². The summed E-state index contributed by atoms with van der Waals surface area (Å²) in [5.41, 5.74) is 1.02. The normalized spacial score (nSPS) is 20.3. The van der Waals surface area contributed by atoms with E-state index in [-0.39, 0.29) is 63.5 Å². The van der Waals surface area contributed by atoms with Gasteiger partial charge in [0.2, 0.25) is 0 Å². The average molecular weight is 239 g/mol. The van der Waals surface area contributed by atoms with E-state index in [2.05, 4.69) is 4.98 Å². The van der Waals surface area contributed by atoms with Gasteiger partial charge < -0.3 is 12.9 Å². The van der Waals surface area contributed by atoms with E-state index < -0.39 is 12.8 Å². The summed E-state index contributed by atoms with van der Waals surface area (Å²) in [6, 6.07) is 3.45. The Hall–Kier alpha value is 0.641.